The van der Waals surface area contributed by atoms with Gasteiger partial charge in [0.25, 0.3) is 5.78 Å². The molecule has 7 nitrogen and oxygen atoms in total. The van der Waals surface area contributed by atoms with E-state index in [9.17, 15) is 4.79 Å². The first kappa shape index (κ1) is 11.2. The summed E-state index contributed by atoms with van der Waals surface area (Å²) in [5, 5.41) is 12.3. The summed E-state index contributed by atoms with van der Waals surface area (Å²) in [6.45, 7) is 0.282. The maximum Gasteiger partial charge on any atom is 0.272 e. The summed E-state index contributed by atoms with van der Waals surface area (Å²) >= 11 is 0. The van der Waals surface area contributed by atoms with Crippen LogP contribution in [-0.2, 0) is 11.3 Å². The summed E-state index contributed by atoms with van der Waals surface area (Å²) in [4.78, 5) is 16.6. The molecule has 0 N–H and O–H groups in total. The highest BCUT2D eigenvalue weighted by molar-refractivity contribution is 6.19. The highest BCUT2D eigenvalue weighted by Gasteiger charge is 2.30. The second-order valence-electron chi connectivity index (χ2n) is 4.44. The van der Waals surface area contributed by atoms with Crippen LogP contribution < -0.4 is 0 Å². The van der Waals surface area contributed by atoms with E-state index in [1.165, 1.54) is 4.52 Å². The zero-order chi connectivity index (χ0) is 13.7. The lowest BCUT2D eigenvalue weighted by Gasteiger charge is -2.00. The summed E-state index contributed by atoms with van der Waals surface area (Å²) in [6, 6.07) is 7.33. The zero-order valence-corrected chi connectivity index (χ0v) is 10.6. The second kappa shape index (κ2) is 3.91. The molecule has 7 heteroatoms. The number of carbonyl (C=O) groups is 1. The first-order chi connectivity index (χ1) is 9.79. The molecule has 2 heterocycles. The number of nitrogens with zero attached hydrogens (tertiary/aromatic N) is 5. The van der Waals surface area contributed by atoms with Crippen molar-refractivity contribution in [3.63, 3.8) is 0 Å². The van der Waals surface area contributed by atoms with Gasteiger partial charge in [0, 0.05) is 18.2 Å². The van der Waals surface area contributed by atoms with Crippen LogP contribution in [0.2, 0.25) is 0 Å². The van der Waals surface area contributed by atoms with Gasteiger partial charge in [-0.05, 0) is 0 Å². The molecular weight excluding hydrogens is 258 g/mol. The largest absolute Gasteiger partial charge is 0.377 e. The van der Waals surface area contributed by atoms with Crippen LogP contribution in [0, 0.1) is 0 Å². The number of fused-ring (bicyclic) bond motifs is 4. The summed E-state index contributed by atoms with van der Waals surface area (Å²) in [7, 11) is 1.57. The molecule has 0 bridgehead atoms. The highest BCUT2D eigenvalue weighted by Crippen LogP contribution is 2.33. The normalized spacial score (nSPS) is 12.8. The van der Waals surface area contributed by atoms with Gasteiger partial charge in [-0.1, -0.05) is 24.3 Å². The standard InChI is InChI=1S/C13H9N5O2/c1-20-6-9-15-16-13-14-11-10(17-18(9)13)7-4-2-3-5-8(7)12(11)19/h2-5H,6H2,1H3. The van der Waals surface area contributed by atoms with E-state index in [2.05, 4.69) is 20.3 Å². The van der Waals surface area contributed by atoms with Gasteiger partial charge in [0.1, 0.15) is 18.0 Å². The van der Waals surface area contributed by atoms with Crippen LogP contribution in [0.4, 0.5) is 0 Å². The molecule has 3 aromatic rings. The Morgan fingerprint density at radius 2 is 1.95 bits per heavy atom. The monoisotopic (exact) mass is 267 g/mol. The van der Waals surface area contributed by atoms with E-state index in [1.807, 2.05) is 18.2 Å². The molecule has 0 fully saturated rings. The average molecular weight is 267 g/mol. The lowest BCUT2D eigenvalue weighted by atomic mass is 10.1. The predicted octanol–water partition coefficient (Wildman–Crippen LogP) is 0.877. The fourth-order valence-corrected chi connectivity index (χ4v) is 2.35. The molecule has 0 atom stereocenters. The van der Waals surface area contributed by atoms with Crippen molar-refractivity contribution in [2.75, 3.05) is 7.11 Å². The van der Waals surface area contributed by atoms with Crippen molar-refractivity contribution in [3.8, 4) is 11.3 Å². The Hall–Kier alpha value is -2.67. The highest BCUT2D eigenvalue weighted by atomic mass is 16.5. The molecule has 98 valence electrons. The van der Waals surface area contributed by atoms with Gasteiger partial charge in [-0.25, -0.2) is 4.98 Å². The van der Waals surface area contributed by atoms with Crippen molar-refractivity contribution in [2.45, 2.75) is 6.61 Å². The van der Waals surface area contributed by atoms with E-state index in [0.29, 0.717) is 28.6 Å². The van der Waals surface area contributed by atoms with Gasteiger partial charge in [0.05, 0.1) is 0 Å². The maximum atomic E-state index is 12.3. The summed E-state index contributed by atoms with van der Waals surface area (Å²) in [5.41, 5.74) is 2.31. The number of ketones is 1. The Kier molecular flexibility index (Phi) is 2.19. The van der Waals surface area contributed by atoms with Crippen molar-refractivity contribution >= 4 is 11.6 Å². The molecule has 0 saturated heterocycles. The fraction of sp³-hybridized carbons (Fsp3) is 0.154. The second-order valence-corrected chi connectivity index (χ2v) is 4.44. The minimum atomic E-state index is -0.123. The molecular formula is C13H9N5O2. The number of hydrogen-bond donors (Lipinski definition) is 0. The molecule has 0 radical (unpaired) electrons. The van der Waals surface area contributed by atoms with Crippen LogP contribution in [-0.4, -0.2) is 37.7 Å². The average Bonchev–Trinajstić information content (AvgIpc) is 2.99. The van der Waals surface area contributed by atoms with E-state index in [-0.39, 0.29) is 12.4 Å². The number of hydrogen-bond acceptors (Lipinski definition) is 6. The smallest absolute Gasteiger partial charge is 0.272 e. The quantitative estimate of drug-likeness (QED) is 0.536. The fourth-order valence-electron chi connectivity index (χ4n) is 2.35. The van der Waals surface area contributed by atoms with Crippen molar-refractivity contribution in [3.05, 3.63) is 41.3 Å². The van der Waals surface area contributed by atoms with Crippen molar-refractivity contribution in [2.24, 2.45) is 0 Å². The number of methoxy groups -OCH3 is 1. The van der Waals surface area contributed by atoms with Gasteiger partial charge in [0.2, 0.25) is 5.78 Å². The van der Waals surface area contributed by atoms with Crippen LogP contribution in [0.1, 0.15) is 21.9 Å². The molecule has 0 amide bonds. The topological polar surface area (TPSA) is 82.3 Å². The Labute approximate surface area is 113 Å². The van der Waals surface area contributed by atoms with Crippen molar-refractivity contribution in [1.29, 1.82) is 0 Å². The molecule has 20 heavy (non-hydrogen) atoms. The zero-order valence-electron chi connectivity index (χ0n) is 10.6. The number of rotatable bonds is 2. The van der Waals surface area contributed by atoms with Crippen LogP contribution in [0.3, 0.4) is 0 Å². The predicted molar refractivity (Wildman–Crippen MR) is 68.2 cm³/mol. The van der Waals surface area contributed by atoms with Crippen molar-refractivity contribution in [1.82, 2.24) is 24.8 Å². The van der Waals surface area contributed by atoms with E-state index >= 15 is 0 Å². The van der Waals surface area contributed by atoms with Gasteiger partial charge in [0.15, 0.2) is 5.82 Å². The molecule has 1 aliphatic rings. The molecule has 0 unspecified atom stereocenters. The van der Waals surface area contributed by atoms with Gasteiger partial charge in [-0.2, -0.15) is 9.61 Å². The molecule has 1 aliphatic carbocycles. The van der Waals surface area contributed by atoms with E-state index in [1.54, 1.807) is 13.2 Å². The molecule has 4 rings (SSSR count). The number of carbonyl (C=O) groups excluding carboxylic acids is 1. The third-order valence-corrected chi connectivity index (χ3v) is 3.24. The lowest BCUT2D eigenvalue weighted by Crippen LogP contribution is -2.06. The molecule has 0 aliphatic heterocycles. The molecule has 2 aromatic heterocycles. The number of aromatic nitrogens is 5. The third-order valence-electron chi connectivity index (χ3n) is 3.24. The Morgan fingerprint density at radius 1 is 1.15 bits per heavy atom. The summed E-state index contributed by atoms with van der Waals surface area (Å²) < 4.78 is 6.56. The minimum Gasteiger partial charge on any atom is -0.377 e. The molecule has 1 aromatic carbocycles. The number of ether oxygens (including phenoxy) is 1. The minimum absolute atomic E-state index is 0.123. The Balaban J connectivity index is 2.02. The first-order valence-electron chi connectivity index (χ1n) is 6.05. The Bertz CT molecular complexity index is 855. The van der Waals surface area contributed by atoms with Gasteiger partial charge in [-0.15, -0.1) is 10.2 Å². The SMILES string of the molecule is COCc1nnc2nc3c(nn12)-c1ccccc1C3=O. The summed E-state index contributed by atoms with van der Waals surface area (Å²) in [6.07, 6.45) is 0. The van der Waals surface area contributed by atoms with E-state index in [4.69, 9.17) is 4.74 Å². The van der Waals surface area contributed by atoms with Crippen molar-refractivity contribution < 1.29 is 9.53 Å². The maximum absolute atomic E-state index is 12.3. The van der Waals surface area contributed by atoms with Gasteiger partial charge in [-0.3, -0.25) is 4.79 Å². The van der Waals surface area contributed by atoms with E-state index < -0.39 is 0 Å². The van der Waals surface area contributed by atoms with Crippen LogP contribution in [0.25, 0.3) is 17.0 Å². The van der Waals surface area contributed by atoms with Crippen LogP contribution in [0.15, 0.2) is 24.3 Å². The number of benzene rings is 1. The Morgan fingerprint density at radius 3 is 2.75 bits per heavy atom. The molecule has 0 spiro atoms. The van der Waals surface area contributed by atoms with E-state index in [0.717, 1.165) is 5.56 Å². The lowest BCUT2D eigenvalue weighted by molar-refractivity contribution is 0.103. The van der Waals surface area contributed by atoms with Crippen LogP contribution >= 0.6 is 0 Å². The first-order valence-corrected chi connectivity index (χ1v) is 6.05. The van der Waals surface area contributed by atoms with Gasteiger partial charge < -0.3 is 4.74 Å². The summed E-state index contributed by atoms with van der Waals surface area (Å²) in [5.74, 6) is 0.730. The van der Waals surface area contributed by atoms with Crippen LogP contribution in [0.5, 0.6) is 0 Å². The van der Waals surface area contributed by atoms with Gasteiger partial charge >= 0.3 is 0 Å². The third kappa shape index (κ3) is 1.35. The molecule has 0 saturated carbocycles.